The fourth-order valence-corrected chi connectivity index (χ4v) is 4.95. The van der Waals surface area contributed by atoms with E-state index in [1.54, 1.807) is 48.5 Å². The van der Waals surface area contributed by atoms with E-state index in [0.29, 0.717) is 53.5 Å². The lowest BCUT2D eigenvalue weighted by Gasteiger charge is -2.34. The van der Waals surface area contributed by atoms with E-state index >= 15 is 0 Å². The molecule has 0 spiro atoms. The Morgan fingerprint density at radius 2 is 1.72 bits per heavy atom. The topological polar surface area (TPSA) is 117 Å². The van der Waals surface area contributed by atoms with Gasteiger partial charge in [0, 0.05) is 31.4 Å². The quantitative estimate of drug-likeness (QED) is 0.252. The molecule has 226 valence electrons. The average molecular weight is 588 g/mol. The summed E-state index contributed by atoms with van der Waals surface area (Å²) in [5, 5.41) is 9.22. The molecule has 1 atom stereocenters. The second kappa shape index (κ2) is 12.6. The zero-order chi connectivity index (χ0) is 30.6. The summed E-state index contributed by atoms with van der Waals surface area (Å²) in [7, 11) is 2.98. The van der Waals surface area contributed by atoms with Crippen LogP contribution in [0.1, 0.15) is 49.5 Å². The van der Waals surface area contributed by atoms with Crippen LogP contribution in [0.4, 0.5) is 10.6 Å². The van der Waals surface area contributed by atoms with Crippen molar-refractivity contribution in [3.8, 4) is 17.2 Å². The fraction of sp³-hybridized carbons (Fsp3) is 0.375. The lowest BCUT2D eigenvalue weighted by Crippen LogP contribution is -2.47. The highest BCUT2D eigenvalue weighted by molar-refractivity contribution is 5.94. The zero-order valence-electron chi connectivity index (χ0n) is 25.1. The van der Waals surface area contributed by atoms with E-state index in [-0.39, 0.29) is 12.1 Å². The van der Waals surface area contributed by atoms with E-state index in [9.17, 15) is 9.59 Å². The van der Waals surface area contributed by atoms with Crippen molar-refractivity contribution in [1.82, 2.24) is 19.7 Å². The lowest BCUT2D eigenvalue weighted by molar-refractivity contribution is 0.0206. The van der Waals surface area contributed by atoms with E-state index in [2.05, 4.69) is 10.3 Å². The lowest BCUT2D eigenvalue weighted by atomic mass is 10.1. The van der Waals surface area contributed by atoms with Gasteiger partial charge in [-0.2, -0.15) is 5.10 Å². The Hall–Kier alpha value is -4.80. The van der Waals surface area contributed by atoms with Crippen molar-refractivity contribution in [1.29, 1.82) is 0 Å². The molecule has 5 rings (SSSR count). The third-order valence-corrected chi connectivity index (χ3v) is 7.00. The molecule has 1 N–H and O–H groups in total. The summed E-state index contributed by atoms with van der Waals surface area (Å²) in [4.78, 5) is 31.1. The van der Waals surface area contributed by atoms with Gasteiger partial charge in [-0.15, -0.1) is 0 Å². The number of hydrogen-bond acceptors (Lipinski definition) is 9. The van der Waals surface area contributed by atoms with Crippen molar-refractivity contribution in [2.75, 3.05) is 32.6 Å². The summed E-state index contributed by atoms with van der Waals surface area (Å²) in [6, 6.07) is 16.3. The van der Waals surface area contributed by atoms with Crippen molar-refractivity contribution in [3.63, 3.8) is 0 Å². The summed E-state index contributed by atoms with van der Waals surface area (Å²) >= 11 is 0. The van der Waals surface area contributed by atoms with Crippen LogP contribution in [0.5, 0.6) is 17.2 Å². The van der Waals surface area contributed by atoms with Crippen molar-refractivity contribution in [2.24, 2.45) is 0 Å². The van der Waals surface area contributed by atoms with Crippen LogP contribution in [0.15, 0.2) is 60.8 Å². The number of aromatic nitrogens is 3. The van der Waals surface area contributed by atoms with Crippen LogP contribution in [0.2, 0.25) is 0 Å². The fourth-order valence-electron chi connectivity index (χ4n) is 4.95. The molecule has 0 bridgehead atoms. The van der Waals surface area contributed by atoms with Gasteiger partial charge in [-0.3, -0.25) is 0 Å². The molecule has 1 aliphatic rings. The molecule has 1 fully saturated rings. The number of carbonyl (C=O) groups excluding carboxylic acids is 2. The van der Waals surface area contributed by atoms with Crippen LogP contribution >= 0.6 is 0 Å². The normalized spacial score (nSPS) is 15.2. The number of rotatable bonds is 8. The first-order valence-corrected chi connectivity index (χ1v) is 14.2. The number of benzene rings is 2. The summed E-state index contributed by atoms with van der Waals surface area (Å²) in [6.45, 7) is 7.18. The highest BCUT2D eigenvalue weighted by Crippen LogP contribution is 2.35. The number of pyridine rings is 1. The number of likely N-dealkylation sites (tertiary alicyclic amines) is 1. The second-order valence-corrected chi connectivity index (χ2v) is 11.4. The van der Waals surface area contributed by atoms with E-state index in [1.165, 1.54) is 7.11 Å². The van der Waals surface area contributed by atoms with Crippen molar-refractivity contribution >= 4 is 28.9 Å². The second-order valence-electron chi connectivity index (χ2n) is 11.4. The number of nitrogens with one attached hydrogen (secondary N) is 1. The highest BCUT2D eigenvalue weighted by Gasteiger charge is 2.29. The molecular formula is C32H37N5O6. The van der Waals surface area contributed by atoms with Gasteiger partial charge in [0.1, 0.15) is 28.2 Å². The van der Waals surface area contributed by atoms with Gasteiger partial charge in [0.15, 0.2) is 11.5 Å². The highest BCUT2D eigenvalue weighted by atomic mass is 16.6. The van der Waals surface area contributed by atoms with Crippen molar-refractivity contribution in [2.45, 2.75) is 51.8 Å². The van der Waals surface area contributed by atoms with Gasteiger partial charge in [0.05, 0.1) is 26.3 Å². The number of hydrogen-bond donors (Lipinski definition) is 1. The van der Waals surface area contributed by atoms with Crippen LogP contribution in [0.3, 0.4) is 0 Å². The predicted molar refractivity (Wildman–Crippen MR) is 162 cm³/mol. The van der Waals surface area contributed by atoms with E-state index in [4.69, 9.17) is 24.0 Å². The monoisotopic (exact) mass is 587 g/mol. The van der Waals surface area contributed by atoms with Gasteiger partial charge in [0.25, 0.3) is 0 Å². The number of piperidine rings is 1. The van der Waals surface area contributed by atoms with E-state index in [0.717, 1.165) is 24.2 Å². The molecule has 11 heteroatoms. The van der Waals surface area contributed by atoms with Gasteiger partial charge in [-0.05, 0) is 75.6 Å². The molecule has 3 heterocycles. The molecule has 11 nitrogen and oxygen atoms in total. The number of amides is 1. The summed E-state index contributed by atoms with van der Waals surface area (Å²) in [5.74, 6) is 2.06. The summed E-state index contributed by atoms with van der Waals surface area (Å²) in [5.41, 5.74) is 1.52. The molecule has 0 radical (unpaired) electrons. The maximum Gasteiger partial charge on any atom is 0.410 e. The minimum absolute atomic E-state index is 0.0544. The Morgan fingerprint density at radius 1 is 1.00 bits per heavy atom. The number of anilines is 1. The third kappa shape index (κ3) is 7.17. The van der Waals surface area contributed by atoms with Crippen LogP contribution in [-0.2, 0) is 16.0 Å². The summed E-state index contributed by atoms with van der Waals surface area (Å²) in [6.07, 6.45) is 3.05. The minimum Gasteiger partial charge on any atom is -0.497 e. The molecule has 1 aliphatic heterocycles. The molecule has 0 saturated carbocycles. The van der Waals surface area contributed by atoms with Crippen LogP contribution < -0.4 is 14.8 Å². The number of methoxy groups -OCH3 is 2. The molecule has 43 heavy (non-hydrogen) atoms. The zero-order valence-corrected chi connectivity index (χ0v) is 25.1. The van der Waals surface area contributed by atoms with Gasteiger partial charge in [-0.1, -0.05) is 12.1 Å². The van der Waals surface area contributed by atoms with Crippen LogP contribution in [0, 0.1) is 0 Å². The van der Waals surface area contributed by atoms with Crippen molar-refractivity contribution in [3.05, 3.63) is 71.9 Å². The smallest absolute Gasteiger partial charge is 0.410 e. The first kappa shape index (κ1) is 29.7. The molecule has 0 aliphatic carbocycles. The van der Waals surface area contributed by atoms with Gasteiger partial charge < -0.3 is 29.2 Å². The molecule has 0 unspecified atom stereocenters. The largest absolute Gasteiger partial charge is 0.497 e. The number of fused-ring (bicyclic) bond motifs is 1. The maximum atomic E-state index is 12.8. The standard InChI is InChI=1S/C32H37N5O6/c1-32(2,3)43-31(39)36-18-6-7-23(20-36)34-28-27-26(42-25-14-10-22(11-15-25)30(38)41-5)16-17-33-29(27)37(35-28)19-21-8-12-24(40-4)13-9-21/h8-17,23H,6-7,18-20H2,1-5H3,(H,34,35)/t23-/m1/s1. The van der Waals surface area contributed by atoms with Gasteiger partial charge in [-0.25, -0.2) is 19.3 Å². The van der Waals surface area contributed by atoms with Gasteiger partial charge in [0.2, 0.25) is 0 Å². The molecule has 4 aromatic rings. The van der Waals surface area contributed by atoms with Gasteiger partial charge >= 0.3 is 12.1 Å². The first-order valence-electron chi connectivity index (χ1n) is 14.2. The van der Waals surface area contributed by atoms with E-state index in [1.807, 2.05) is 49.7 Å². The first-order chi connectivity index (χ1) is 20.6. The Bertz CT molecular complexity index is 1580. The predicted octanol–water partition coefficient (Wildman–Crippen LogP) is 5.88. The molecule has 1 amide bonds. The Kier molecular flexibility index (Phi) is 8.70. The number of nitrogens with zero attached hydrogens (tertiary/aromatic N) is 4. The number of carbonyl (C=O) groups is 2. The SMILES string of the molecule is COC(=O)c1ccc(Oc2ccnc3c2c(N[C@@H]2CCCN(C(=O)OC(C)(C)C)C2)nn3Cc2ccc(OC)cc2)cc1. The Balaban J connectivity index is 1.46. The van der Waals surface area contributed by atoms with E-state index < -0.39 is 11.6 Å². The van der Waals surface area contributed by atoms with Crippen LogP contribution in [-0.4, -0.2) is 70.7 Å². The number of esters is 1. The molecular weight excluding hydrogens is 550 g/mol. The molecule has 1 saturated heterocycles. The Morgan fingerprint density at radius 3 is 2.40 bits per heavy atom. The number of ether oxygens (including phenoxy) is 4. The third-order valence-electron chi connectivity index (χ3n) is 7.00. The van der Waals surface area contributed by atoms with Crippen LogP contribution in [0.25, 0.3) is 11.0 Å². The average Bonchev–Trinajstić information content (AvgIpc) is 3.34. The molecule has 2 aromatic heterocycles. The molecule has 2 aromatic carbocycles. The maximum absolute atomic E-state index is 12.8. The van der Waals surface area contributed by atoms with Crippen molar-refractivity contribution < 1.29 is 28.5 Å². The Labute approximate surface area is 250 Å². The minimum atomic E-state index is -0.569. The summed E-state index contributed by atoms with van der Waals surface area (Å²) < 4.78 is 23.9.